The maximum atomic E-state index is 13.6. The molecule has 8 heteroatoms. The molecule has 0 radical (unpaired) electrons. The molecule has 1 aromatic heterocycles. The summed E-state index contributed by atoms with van der Waals surface area (Å²) in [6.45, 7) is 6.29. The SMILES string of the molecule is CCN(C(=O)[C@@H](NS(=O)(=O)c1ccc(Br)s1)c1ccccc1)c1ccc(C)c(C)c1. The summed E-state index contributed by atoms with van der Waals surface area (Å²) in [5, 5.41) is 0. The number of nitrogens with one attached hydrogen (secondary N) is 1. The lowest BCUT2D eigenvalue weighted by atomic mass is 10.0. The van der Waals surface area contributed by atoms with Gasteiger partial charge in [-0.1, -0.05) is 36.4 Å². The second-order valence-corrected chi connectivity index (χ2v) is 11.3. The number of aryl methyl sites for hydroxylation is 2. The summed E-state index contributed by atoms with van der Waals surface area (Å²) in [4.78, 5) is 15.2. The molecule has 2 aromatic carbocycles. The number of hydrogen-bond donors (Lipinski definition) is 1. The zero-order valence-electron chi connectivity index (χ0n) is 16.9. The summed E-state index contributed by atoms with van der Waals surface area (Å²) < 4.78 is 29.5. The van der Waals surface area contributed by atoms with Gasteiger partial charge in [0, 0.05) is 12.2 Å². The molecule has 1 N–H and O–H groups in total. The van der Waals surface area contributed by atoms with E-state index < -0.39 is 16.1 Å². The van der Waals surface area contributed by atoms with Crippen LogP contribution in [-0.4, -0.2) is 20.9 Å². The second kappa shape index (κ2) is 9.43. The van der Waals surface area contributed by atoms with Gasteiger partial charge in [0.1, 0.15) is 10.3 Å². The maximum absolute atomic E-state index is 13.6. The van der Waals surface area contributed by atoms with E-state index in [0.717, 1.165) is 28.2 Å². The van der Waals surface area contributed by atoms with Crippen LogP contribution in [0.4, 0.5) is 5.69 Å². The zero-order valence-corrected chi connectivity index (χ0v) is 20.1. The Labute approximate surface area is 189 Å². The van der Waals surface area contributed by atoms with Crippen molar-refractivity contribution in [2.24, 2.45) is 0 Å². The number of rotatable bonds is 7. The van der Waals surface area contributed by atoms with Crippen LogP contribution in [0.25, 0.3) is 0 Å². The number of anilines is 1. The third kappa shape index (κ3) is 5.00. The summed E-state index contributed by atoms with van der Waals surface area (Å²) >= 11 is 4.39. The standard InChI is InChI=1S/C22H23BrN2O3S2/c1-4-25(18-11-10-15(2)16(3)14-18)22(26)21(17-8-6-5-7-9-17)24-30(27,28)20-13-12-19(23)29-20/h5-14,21,24H,4H2,1-3H3/t21-/m0/s1. The summed E-state index contributed by atoms with van der Waals surface area (Å²) in [6, 6.07) is 16.9. The summed E-state index contributed by atoms with van der Waals surface area (Å²) in [5.74, 6) is -0.328. The van der Waals surface area contributed by atoms with Crippen LogP contribution in [-0.2, 0) is 14.8 Å². The van der Waals surface area contributed by atoms with Crippen LogP contribution >= 0.6 is 27.3 Å². The third-order valence-corrected chi connectivity index (χ3v) is 8.39. The largest absolute Gasteiger partial charge is 0.311 e. The summed E-state index contributed by atoms with van der Waals surface area (Å²) in [6.07, 6.45) is 0. The van der Waals surface area contributed by atoms with E-state index in [-0.39, 0.29) is 10.1 Å². The van der Waals surface area contributed by atoms with Gasteiger partial charge in [0.2, 0.25) is 5.91 Å². The van der Waals surface area contributed by atoms with Crippen LogP contribution in [0.1, 0.15) is 29.7 Å². The molecule has 1 atom stereocenters. The van der Waals surface area contributed by atoms with E-state index in [1.807, 2.05) is 45.0 Å². The highest BCUT2D eigenvalue weighted by molar-refractivity contribution is 9.11. The van der Waals surface area contributed by atoms with Gasteiger partial charge in [-0.25, -0.2) is 8.42 Å². The number of carbonyl (C=O) groups excluding carboxylic acids is 1. The number of halogens is 1. The molecule has 0 unspecified atom stereocenters. The Morgan fingerprint density at radius 3 is 2.33 bits per heavy atom. The van der Waals surface area contributed by atoms with Crippen LogP contribution in [0.15, 0.2) is 68.7 Å². The van der Waals surface area contributed by atoms with E-state index in [1.54, 1.807) is 35.2 Å². The number of thiophene rings is 1. The number of nitrogens with zero attached hydrogens (tertiary/aromatic N) is 1. The maximum Gasteiger partial charge on any atom is 0.251 e. The molecule has 0 fully saturated rings. The first-order chi connectivity index (χ1) is 14.2. The van der Waals surface area contributed by atoms with Crippen molar-refractivity contribution in [1.82, 2.24) is 4.72 Å². The predicted octanol–water partition coefficient (Wildman–Crippen LogP) is 5.20. The van der Waals surface area contributed by atoms with Crippen LogP contribution < -0.4 is 9.62 Å². The minimum atomic E-state index is -3.88. The Bertz CT molecular complexity index is 1140. The molecule has 0 saturated heterocycles. The number of sulfonamides is 1. The van der Waals surface area contributed by atoms with Gasteiger partial charge >= 0.3 is 0 Å². The fourth-order valence-electron chi connectivity index (χ4n) is 3.08. The highest BCUT2D eigenvalue weighted by Crippen LogP contribution is 2.29. The summed E-state index contributed by atoms with van der Waals surface area (Å²) in [5.41, 5.74) is 3.53. The molecule has 1 amide bonds. The average molecular weight is 507 g/mol. The zero-order chi connectivity index (χ0) is 21.9. The van der Waals surface area contributed by atoms with Crippen molar-refractivity contribution in [3.63, 3.8) is 0 Å². The van der Waals surface area contributed by atoms with E-state index >= 15 is 0 Å². The number of hydrogen-bond acceptors (Lipinski definition) is 4. The Hall–Kier alpha value is -2.00. The normalized spacial score (nSPS) is 12.5. The predicted molar refractivity (Wildman–Crippen MR) is 125 cm³/mol. The van der Waals surface area contributed by atoms with Crippen molar-refractivity contribution in [2.75, 3.05) is 11.4 Å². The van der Waals surface area contributed by atoms with Crippen molar-refractivity contribution in [1.29, 1.82) is 0 Å². The molecule has 0 aliphatic rings. The van der Waals surface area contributed by atoms with Gasteiger partial charge in [-0.15, -0.1) is 11.3 Å². The molecule has 3 rings (SSSR count). The van der Waals surface area contributed by atoms with Crippen molar-refractivity contribution >= 4 is 48.9 Å². The van der Waals surface area contributed by atoms with Gasteiger partial charge in [-0.2, -0.15) is 4.72 Å². The van der Waals surface area contributed by atoms with Crippen molar-refractivity contribution in [2.45, 2.75) is 31.0 Å². The van der Waals surface area contributed by atoms with Gasteiger partial charge < -0.3 is 4.90 Å². The molecule has 30 heavy (non-hydrogen) atoms. The molecule has 5 nitrogen and oxygen atoms in total. The Morgan fingerprint density at radius 1 is 1.07 bits per heavy atom. The molecule has 158 valence electrons. The first-order valence-corrected chi connectivity index (χ1v) is 12.5. The van der Waals surface area contributed by atoms with Gasteiger partial charge in [-0.05, 0) is 77.7 Å². The Balaban J connectivity index is 2.01. The smallest absolute Gasteiger partial charge is 0.251 e. The van der Waals surface area contributed by atoms with Gasteiger partial charge in [0.05, 0.1) is 3.79 Å². The van der Waals surface area contributed by atoms with Gasteiger partial charge in [0.15, 0.2) is 0 Å². The molecule has 0 bridgehead atoms. The van der Waals surface area contributed by atoms with E-state index in [9.17, 15) is 13.2 Å². The fraction of sp³-hybridized carbons (Fsp3) is 0.227. The van der Waals surface area contributed by atoms with Crippen LogP contribution in [0.3, 0.4) is 0 Å². The van der Waals surface area contributed by atoms with Crippen LogP contribution in [0.5, 0.6) is 0 Å². The van der Waals surface area contributed by atoms with Crippen LogP contribution in [0.2, 0.25) is 0 Å². The van der Waals surface area contributed by atoms with E-state index in [0.29, 0.717) is 15.9 Å². The second-order valence-electron chi connectivity index (χ2n) is 6.87. The lowest BCUT2D eigenvalue weighted by Crippen LogP contribution is -2.43. The van der Waals surface area contributed by atoms with E-state index in [2.05, 4.69) is 20.7 Å². The molecule has 0 aliphatic heterocycles. The minimum Gasteiger partial charge on any atom is -0.311 e. The molecule has 1 heterocycles. The topological polar surface area (TPSA) is 66.5 Å². The van der Waals surface area contributed by atoms with Crippen molar-refractivity contribution in [3.8, 4) is 0 Å². The molecular weight excluding hydrogens is 484 g/mol. The van der Waals surface area contributed by atoms with E-state index in [1.165, 1.54) is 6.07 Å². The van der Waals surface area contributed by atoms with Gasteiger partial charge in [-0.3, -0.25) is 4.79 Å². The quantitative estimate of drug-likeness (QED) is 0.478. The molecule has 3 aromatic rings. The number of amides is 1. The molecule has 0 saturated carbocycles. The number of benzene rings is 2. The molecular formula is C22H23BrN2O3S2. The average Bonchev–Trinajstić information content (AvgIpc) is 3.17. The lowest BCUT2D eigenvalue weighted by molar-refractivity contribution is -0.120. The van der Waals surface area contributed by atoms with Crippen molar-refractivity contribution in [3.05, 3.63) is 81.1 Å². The first-order valence-electron chi connectivity index (χ1n) is 9.44. The Kier molecular flexibility index (Phi) is 7.13. The van der Waals surface area contributed by atoms with E-state index in [4.69, 9.17) is 0 Å². The fourth-order valence-corrected chi connectivity index (χ4v) is 6.28. The highest BCUT2D eigenvalue weighted by Gasteiger charge is 2.31. The lowest BCUT2D eigenvalue weighted by Gasteiger charge is -2.27. The summed E-state index contributed by atoms with van der Waals surface area (Å²) in [7, 11) is -3.88. The monoisotopic (exact) mass is 506 g/mol. The highest BCUT2D eigenvalue weighted by atomic mass is 79.9. The minimum absolute atomic E-state index is 0.150. The number of carbonyl (C=O) groups is 1. The van der Waals surface area contributed by atoms with Crippen molar-refractivity contribution < 1.29 is 13.2 Å². The Morgan fingerprint density at radius 2 is 1.77 bits per heavy atom. The first kappa shape index (κ1) is 22.7. The van der Waals surface area contributed by atoms with Gasteiger partial charge in [0.25, 0.3) is 10.0 Å². The van der Waals surface area contributed by atoms with Crippen LogP contribution in [0, 0.1) is 13.8 Å². The third-order valence-electron chi connectivity index (χ3n) is 4.85. The molecule has 0 spiro atoms. The molecule has 0 aliphatic carbocycles. The number of likely N-dealkylation sites (N-methyl/N-ethyl adjacent to an activating group) is 1.